The summed E-state index contributed by atoms with van der Waals surface area (Å²) in [6.07, 6.45) is 5.86. The van der Waals surface area contributed by atoms with Crippen molar-refractivity contribution in [2.75, 3.05) is 6.54 Å². The highest BCUT2D eigenvalue weighted by atomic mass is 16.4. The lowest BCUT2D eigenvalue weighted by molar-refractivity contribution is -0.140. The van der Waals surface area contributed by atoms with Crippen LogP contribution in [0.25, 0.3) is 0 Å². The van der Waals surface area contributed by atoms with E-state index in [4.69, 9.17) is 5.11 Å². The van der Waals surface area contributed by atoms with Crippen molar-refractivity contribution in [3.05, 3.63) is 0 Å². The quantitative estimate of drug-likeness (QED) is 0.676. The molecule has 1 rings (SSSR count). The Morgan fingerprint density at radius 3 is 2.14 bits per heavy atom. The van der Waals surface area contributed by atoms with Gasteiger partial charge in [0.05, 0.1) is 0 Å². The van der Waals surface area contributed by atoms with Gasteiger partial charge < -0.3 is 15.7 Å². The van der Waals surface area contributed by atoms with E-state index in [-0.39, 0.29) is 17.4 Å². The zero-order valence-electron chi connectivity index (χ0n) is 13.7. The molecule has 0 aromatic carbocycles. The molecule has 0 heterocycles. The Kier molecular flexibility index (Phi) is 6.49. The van der Waals surface area contributed by atoms with Gasteiger partial charge in [-0.25, -0.2) is 9.59 Å². The van der Waals surface area contributed by atoms with Gasteiger partial charge in [-0.3, -0.25) is 0 Å². The fourth-order valence-corrected chi connectivity index (χ4v) is 3.42. The number of nitrogens with one attached hydrogen (secondary N) is 2. The Balaban J connectivity index is 2.52. The summed E-state index contributed by atoms with van der Waals surface area (Å²) in [5.74, 6) is -0.516. The van der Waals surface area contributed by atoms with Crippen LogP contribution in [0.1, 0.15) is 59.8 Å². The zero-order chi connectivity index (χ0) is 16.0. The first-order valence-electron chi connectivity index (χ1n) is 8.03. The van der Waals surface area contributed by atoms with Crippen molar-refractivity contribution < 1.29 is 14.7 Å². The summed E-state index contributed by atoms with van der Waals surface area (Å²) in [4.78, 5) is 23.1. The normalized spacial score (nSPS) is 18.8. The monoisotopic (exact) mass is 298 g/mol. The van der Waals surface area contributed by atoms with Gasteiger partial charge in [0.15, 0.2) is 0 Å². The van der Waals surface area contributed by atoms with Gasteiger partial charge in [0, 0.05) is 6.54 Å². The molecule has 5 heteroatoms. The molecule has 0 aliphatic heterocycles. The van der Waals surface area contributed by atoms with Crippen LogP contribution in [0.2, 0.25) is 0 Å². The summed E-state index contributed by atoms with van der Waals surface area (Å²) in [7, 11) is 0. The van der Waals surface area contributed by atoms with Crippen molar-refractivity contribution in [3.8, 4) is 0 Å². The van der Waals surface area contributed by atoms with Crippen LogP contribution in [0.15, 0.2) is 0 Å². The van der Waals surface area contributed by atoms with Gasteiger partial charge in [-0.05, 0) is 36.5 Å². The Morgan fingerprint density at radius 1 is 1.14 bits per heavy atom. The fraction of sp³-hybridized carbons (Fsp3) is 0.875. The molecule has 2 amide bonds. The third-order valence-corrected chi connectivity index (χ3v) is 4.35. The van der Waals surface area contributed by atoms with Crippen LogP contribution in [0.3, 0.4) is 0 Å². The molecule has 0 radical (unpaired) electrons. The molecule has 21 heavy (non-hydrogen) atoms. The van der Waals surface area contributed by atoms with Crippen molar-refractivity contribution in [1.29, 1.82) is 0 Å². The first kappa shape index (κ1) is 17.8. The number of carbonyl (C=O) groups is 2. The molecule has 0 unspecified atom stereocenters. The number of hydrogen-bond acceptors (Lipinski definition) is 2. The van der Waals surface area contributed by atoms with Gasteiger partial charge in [0.25, 0.3) is 0 Å². The molecule has 0 spiro atoms. The van der Waals surface area contributed by atoms with Gasteiger partial charge in [0.2, 0.25) is 0 Å². The minimum atomic E-state index is -0.988. The highest BCUT2D eigenvalue weighted by Crippen LogP contribution is 2.42. The van der Waals surface area contributed by atoms with E-state index >= 15 is 0 Å². The number of amides is 2. The average molecular weight is 298 g/mol. The lowest BCUT2D eigenvalue weighted by atomic mass is 9.78. The molecule has 5 nitrogen and oxygen atoms in total. The molecule has 1 aliphatic rings. The number of hydrogen-bond donors (Lipinski definition) is 3. The molecule has 3 N–H and O–H groups in total. The number of urea groups is 1. The van der Waals surface area contributed by atoms with Crippen LogP contribution < -0.4 is 10.6 Å². The second-order valence-electron chi connectivity index (χ2n) is 7.19. The number of aliphatic carboxylic acids is 1. The molecule has 0 bridgehead atoms. The molecule has 0 aromatic rings. The predicted octanol–water partition coefficient (Wildman–Crippen LogP) is 3.00. The highest BCUT2D eigenvalue weighted by molar-refractivity contribution is 5.82. The Labute approximate surface area is 127 Å². The summed E-state index contributed by atoms with van der Waals surface area (Å²) in [5, 5.41) is 14.6. The summed E-state index contributed by atoms with van der Waals surface area (Å²) in [6.45, 7) is 8.63. The maximum atomic E-state index is 12.0. The van der Waals surface area contributed by atoms with E-state index in [1.165, 1.54) is 12.8 Å². The molecule has 1 fully saturated rings. The Hall–Kier alpha value is -1.26. The number of carbonyl (C=O) groups excluding carboxylic acids is 1. The van der Waals surface area contributed by atoms with Gasteiger partial charge in [-0.2, -0.15) is 0 Å². The number of carboxylic acids is 1. The second kappa shape index (κ2) is 7.66. The summed E-state index contributed by atoms with van der Waals surface area (Å²) < 4.78 is 0. The van der Waals surface area contributed by atoms with Crippen molar-refractivity contribution in [2.45, 2.75) is 65.8 Å². The van der Waals surface area contributed by atoms with Crippen LogP contribution >= 0.6 is 0 Å². The van der Waals surface area contributed by atoms with E-state index in [0.717, 1.165) is 19.3 Å². The maximum absolute atomic E-state index is 12.0. The third kappa shape index (κ3) is 5.56. The first-order valence-corrected chi connectivity index (χ1v) is 8.03. The highest BCUT2D eigenvalue weighted by Gasteiger charge is 2.35. The van der Waals surface area contributed by atoms with E-state index in [1.807, 2.05) is 0 Å². The molecular weight excluding hydrogens is 268 g/mol. The van der Waals surface area contributed by atoms with Crippen molar-refractivity contribution in [2.24, 2.45) is 17.3 Å². The molecule has 1 atom stereocenters. The van der Waals surface area contributed by atoms with E-state index < -0.39 is 12.0 Å². The zero-order valence-corrected chi connectivity index (χ0v) is 13.7. The third-order valence-electron chi connectivity index (χ3n) is 4.35. The van der Waals surface area contributed by atoms with Crippen molar-refractivity contribution in [1.82, 2.24) is 10.6 Å². The van der Waals surface area contributed by atoms with Crippen molar-refractivity contribution >= 4 is 12.0 Å². The molecule has 0 aromatic heterocycles. The molecule has 122 valence electrons. The van der Waals surface area contributed by atoms with Crippen LogP contribution in [0.5, 0.6) is 0 Å². The SMILES string of the molecule is CC(C)CC1(CNC(=O)N[C@H](C(=O)O)C(C)C)CCCC1. The number of rotatable bonds is 7. The smallest absolute Gasteiger partial charge is 0.326 e. The molecule has 0 saturated heterocycles. The minimum Gasteiger partial charge on any atom is -0.480 e. The summed E-state index contributed by atoms with van der Waals surface area (Å²) in [6, 6.07) is -1.21. The van der Waals surface area contributed by atoms with Gasteiger partial charge >= 0.3 is 12.0 Å². The Bertz CT molecular complexity index is 361. The van der Waals surface area contributed by atoms with Crippen molar-refractivity contribution in [3.63, 3.8) is 0 Å². The average Bonchev–Trinajstić information content (AvgIpc) is 2.80. The fourth-order valence-electron chi connectivity index (χ4n) is 3.42. The largest absolute Gasteiger partial charge is 0.480 e. The van der Waals surface area contributed by atoms with Crippen LogP contribution in [0.4, 0.5) is 4.79 Å². The predicted molar refractivity (Wildman–Crippen MR) is 83.2 cm³/mol. The summed E-state index contributed by atoms with van der Waals surface area (Å²) in [5.41, 5.74) is 0.196. The first-order chi connectivity index (χ1) is 9.76. The van der Waals surface area contributed by atoms with E-state index in [9.17, 15) is 9.59 Å². The van der Waals surface area contributed by atoms with Gasteiger partial charge in [0.1, 0.15) is 6.04 Å². The molecule has 1 saturated carbocycles. The standard InChI is InChI=1S/C16H30N2O3/c1-11(2)9-16(7-5-6-8-16)10-17-15(21)18-13(12(3)4)14(19)20/h11-13H,5-10H2,1-4H3,(H,19,20)(H2,17,18,21)/t13-/m0/s1. The van der Waals surface area contributed by atoms with Gasteiger partial charge in [-0.1, -0.05) is 40.5 Å². The van der Waals surface area contributed by atoms with Crippen LogP contribution in [-0.2, 0) is 4.79 Å². The lowest BCUT2D eigenvalue weighted by Crippen LogP contribution is -2.50. The Morgan fingerprint density at radius 2 is 1.71 bits per heavy atom. The van der Waals surface area contributed by atoms with Crippen LogP contribution in [-0.4, -0.2) is 29.7 Å². The van der Waals surface area contributed by atoms with E-state index in [0.29, 0.717) is 12.5 Å². The topological polar surface area (TPSA) is 78.4 Å². The minimum absolute atomic E-state index is 0.135. The molecular formula is C16H30N2O3. The number of carboxylic acid groups (broad SMARTS) is 1. The second-order valence-corrected chi connectivity index (χ2v) is 7.19. The summed E-state index contributed by atoms with van der Waals surface area (Å²) >= 11 is 0. The van der Waals surface area contributed by atoms with Gasteiger partial charge in [-0.15, -0.1) is 0 Å². The maximum Gasteiger partial charge on any atom is 0.326 e. The lowest BCUT2D eigenvalue weighted by Gasteiger charge is -2.31. The van der Waals surface area contributed by atoms with E-state index in [1.54, 1.807) is 13.8 Å². The van der Waals surface area contributed by atoms with E-state index in [2.05, 4.69) is 24.5 Å². The molecule has 1 aliphatic carbocycles. The van der Waals surface area contributed by atoms with Crippen LogP contribution in [0, 0.1) is 17.3 Å².